The summed E-state index contributed by atoms with van der Waals surface area (Å²) in [5.74, 6) is 4.78. The second-order valence-corrected chi connectivity index (χ2v) is 2.86. The van der Waals surface area contributed by atoms with E-state index in [2.05, 4.69) is 26.9 Å². The molecule has 15 heavy (non-hydrogen) atoms. The van der Waals surface area contributed by atoms with E-state index in [0.29, 0.717) is 13.0 Å². The van der Waals surface area contributed by atoms with Crippen molar-refractivity contribution in [2.24, 2.45) is 5.11 Å². The average Bonchev–Trinajstić information content (AvgIpc) is 2.23. The summed E-state index contributed by atoms with van der Waals surface area (Å²) in [4.78, 5) is 6.13. The summed E-state index contributed by atoms with van der Waals surface area (Å²) in [6.07, 6.45) is 1.86. The second-order valence-electron chi connectivity index (χ2n) is 2.86. The monoisotopic (exact) mass is 204 g/mol. The van der Waals surface area contributed by atoms with Gasteiger partial charge in [0.05, 0.1) is 5.56 Å². The minimum atomic E-state index is -0.572. The third kappa shape index (κ3) is 3.67. The predicted octanol–water partition coefficient (Wildman–Crippen LogP) is 2.58. The van der Waals surface area contributed by atoms with E-state index in [-0.39, 0.29) is 5.56 Å². The van der Waals surface area contributed by atoms with Crippen molar-refractivity contribution < 1.29 is 4.39 Å². The molecule has 0 amide bonds. The van der Waals surface area contributed by atoms with Crippen LogP contribution in [0.25, 0.3) is 10.4 Å². The van der Waals surface area contributed by atoms with Gasteiger partial charge in [0.1, 0.15) is 0 Å². The van der Waals surface area contributed by atoms with Crippen LogP contribution in [0.5, 0.6) is 0 Å². The first-order chi connectivity index (χ1) is 7.24. The van der Waals surface area contributed by atoms with Gasteiger partial charge < -0.3 is 0 Å². The van der Waals surface area contributed by atoms with Crippen molar-refractivity contribution in [1.82, 2.24) is 4.98 Å². The maximum absolute atomic E-state index is 13.0. The van der Waals surface area contributed by atoms with Crippen LogP contribution in [-0.4, -0.2) is 11.5 Å². The molecule has 1 rings (SSSR count). The van der Waals surface area contributed by atoms with Gasteiger partial charge in [-0.1, -0.05) is 17.0 Å². The minimum Gasteiger partial charge on any atom is -0.227 e. The van der Waals surface area contributed by atoms with Gasteiger partial charge in [-0.05, 0) is 24.1 Å². The SMILES string of the molecule is Cc1cnc(F)c(C#CCCN=[N+]=[N-])c1. The Labute approximate surface area is 86.8 Å². The highest BCUT2D eigenvalue weighted by Crippen LogP contribution is 2.04. The summed E-state index contributed by atoms with van der Waals surface area (Å²) in [7, 11) is 0. The average molecular weight is 204 g/mol. The third-order valence-electron chi connectivity index (χ3n) is 1.60. The molecule has 0 aliphatic rings. The summed E-state index contributed by atoms with van der Waals surface area (Å²) in [5, 5.41) is 3.31. The van der Waals surface area contributed by atoms with Crippen LogP contribution in [0.4, 0.5) is 4.39 Å². The van der Waals surface area contributed by atoms with E-state index in [1.807, 2.05) is 6.92 Å². The maximum atomic E-state index is 13.0. The van der Waals surface area contributed by atoms with Crippen LogP contribution in [0.3, 0.4) is 0 Å². The van der Waals surface area contributed by atoms with Gasteiger partial charge in [0, 0.05) is 24.1 Å². The van der Waals surface area contributed by atoms with Crippen molar-refractivity contribution in [3.8, 4) is 11.8 Å². The molecular weight excluding hydrogens is 195 g/mol. The molecule has 76 valence electrons. The molecule has 4 nitrogen and oxygen atoms in total. The van der Waals surface area contributed by atoms with Crippen molar-refractivity contribution in [2.75, 3.05) is 6.54 Å². The summed E-state index contributed by atoms with van der Waals surface area (Å²) >= 11 is 0. The Morgan fingerprint density at radius 3 is 3.20 bits per heavy atom. The van der Waals surface area contributed by atoms with E-state index in [4.69, 9.17) is 5.53 Å². The lowest BCUT2D eigenvalue weighted by molar-refractivity contribution is 0.579. The van der Waals surface area contributed by atoms with Gasteiger partial charge in [0.15, 0.2) is 0 Å². The van der Waals surface area contributed by atoms with Gasteiger partial charge >= 0.3 is 0 Å². The highest BCUT2D eigenvalue weighted by Gasteiger charge is 1.98. The lowest BCUT2D eigenvalue weighted by atomic mass is 10.2. The number of rotatable bonds is 2. The van der Waals surface area contributed by atoms with Crippen LogP contribution in [-0.2, 0) is 0 Å². The molecule has 1 aromatic rings. The number of hydrogen-bond donors (Lipinski definition) is 0. The molecule has 1 heterocycles. The van der Waals surface area contributed by atoms with Gasteiger partial charge in [-0.25, -0.2) is 4.98 Å². The Kier molecular flexibility index (Phi) is 4.14. The van der Waals surface area contributed by atoms with Gasteiger partial charge in [-0.3, -0.25) is 0 Å². The van der Waals surface area contributed by atoms with Crippen molar-refractivity contribution in [3.05, 3.63) is 39.8 Å². The molecule has 0 fully saturated rings. The molecule has 1 aromatic heterocycles. The van der Waals surface area contributed by atoms with E-state index < -0.39 is 5.95 Å². The summed E-state index contributed by atoms with van der Waals surface area (Å²) in [6, 6.07) is 1.63. The Morgan fingerprint density at radius 1 is 1.67 bits per heavy atom. The largest absolute Gasteiger partial charge is 0.228 e. The zero-order chi connectivity index (χ0) is 11.1. The first-order valence-corrected chi connectivity index (χ1v) is 4.36. The summed E-state index contributed by atoms with van der Waals surface area (Å²) < 4.78 is 13.0. The van der Waals surface area contributed by atoms with E-state index in [1.165, 1.54) is 6.20 Å². The smallest absolute Gasteiger partial charge is 0.227 e. The Hall–Kier alpha value is -2.05. The van der Waals surface area contributed by atoms with Crippen molar-refractivity contribution in [3.63, 3.8) is 0 Å². The zero-order valence-corrected chi connectivity index (χ0v) is 8.24. The van der Waals surface area contributed by atoms with Crippen LogP contribution in [0, 0.1) is 24.7 Å². The van der Waals surface area contributed by atoms with Gasteiger partial charge in [-0.15, -0.1) is 0 Å². The van der Waals surface area contributed by atoms with Crippen molar-refractivity contribution >= 4 is 0 Å². The minimum absolute atomic E-state index is 0.274. The van der Waals surface area contributed by atoms with Gasteiger partial charge in [-0.2, -0.15) is 4.39 Å². The van der Waals surface area contributed by atoms with E-state index in [0.717, 1.165) is 5.56 Å². The molecule has 0 bridgehead atoms. The molecule has 0 saturated heterocycles. The van der Waals surface area contributed by atoms with Gasteiger partial charge in [0.25, 0.3) is 0 Å². The second kappa shape index (κ2) is 5.63. The summed E-state index contributed by atoms with van der Waals surface area (Å²) in [6.45, 7) is 2.11. The molecule has 0 radical (unpaired) electrons. The molecule has 5 heteroatoms. The van der Waals surface area contributed by atoms with Crippen LogP contribution in [0.15, 0.2) is 17.4 Å². The fraction of sp³-hybridized carbons (Fsp3) is 0.300. The first-order valence-electron chi connectivity index (χ1n) is 4.36. The third-order valence-corrected chi connectivity index (χ3v) is 1.60. The predicted molar refractivity (Wildman–Crippen MR) is 54.4 cm³/mol. The number of azide groups is 1. The van der Waals surface area contributed by atoms with Crippen LogP contribution in [0.2, 0.25) is 0 Å². The molecule has 0 spiro atoms. The number of aromatic nitrogens is 1. The quantitative estimate of drug-likeness (QED) is 0.182. The van der Waals surface area contributed by atoms with Crippen molar-refractivity contribution in [2.45, 2.75) is 13.3 Å². The molecule has 0 aromatic carbocycles. The molecule has 0 aliphatic carbocycles. The molecule has 0 N–H and O–H groups in total. The molecule has 0 atom stereocenters. The van der Waals surface area contributed by atoms with Crippen LogP contribution < -0.4 is 0 Å². The molecular formula is C10H9FN4. The first kappa shape index (κ1) is 11.0. The van der Waals surface area contributed by atoms with Crippen LogP contribution >= 0.6 is 0 Å². The standard InChI is InChI=1S/C10H9FN4/c1-8-6-9(10(11)13-7-8)4-2-3-5-14-15-12/h6-7H,3,5H2,1H3. The van der Waals surface area contributed by atoms with E-state index >= 15 is 0 Å². The Balaban J connectivity index is 2.70. The molecule has 0 aliphatic heterocycles. The Morgan fingerprint density at radius 2 is 2.47 bits per heavy atom. The number of aryl methyl sites for hydroxylation is 1. The number of halogens is 1. The molecule has 0 unspecified atom stereocenters. The number of hydrogen-bond acceptors (Lipinski definition) is 2. The van der Waals surface area contributed by atoms with E-state index in [9.17, 15) is 4.39 Å². The van der Waals surface area contributed by atoms with Gasteiger partial charge in [0.2, 0.25) is 5.95 Å². The fourth-order valence-electron chi connectivity index (χ4n) is 0.949. The van der Waals surface area contributed by atoms with Crippen LogP contribution in [0.1, 0.15) is 17.5 Å². The molecule has 0 saturated carbocycles. The maximum Gasteiger partial charge on any atom is 0.228 e. The fourth-order valence-corrected chi connectivity index (χ4v) is 0.949. The normalized spacial score (nSPS) is 8.67. The number of pyridine rings is 1. The lowest BCUT2D eigenvalue weighted by Gasteiger charge is -1.94. The highest BCUT2D eigenvalue weighted by molar-refractivity contribution is 5.34. The van der Waals surface area contributed by atoms with E-state index in [1.54, 1.807) is 6.07 Å². The Bertz CT molecular complexity index is 452. The lowest BCUT2D eigenvalue weighted by Crippen LogP contribution is -1.89. The topological polar surface area (TPSA) is 61.7 Å². The number of nitrogens with zero attached hydrogens (tertiary/aromatic N) is 4. The zero-order valence-electron chi connectivity index (χ0n) is 8.24. The highest BCUT2D eigenvalue weighted by atomic mass is 19.1. The summed E-state index contributed by atoms with van der Waals surface area (Å²) in [5.41, 5.74) is 9.13. The van der Waals surface area contributed by atoms with Crippen molar-refractivity contribution in [1.29, 1.82) is 0 Å².